The van der Waals surface area contributed by atoms with Gasteiger partial charge in [-0.1, -0.05) is 29.8 Å². The van der Waals surface area contributed by atoms with Gasteiger partial charge in [0.25, 0.3) is 5.91 Å². The number of nitrogens with zero attached hydrogens (tertiary/aromatic N) is 1. The van der Waals surface area contributed by atoms with Crippen LogP contribution in [0.5, 0.6) is 5.75 Å². The maximum atomic E-state index is 12.3. The summed E-state index contributed by atoms with van der Waals surface area (Å²) < 4.78 is 5.52. The van der Waals surface area contributed by atoms with Gasteiger partial charge in [-0.15, -0.1) is 0 Å². The first-order valence-electron chi connectivity index (χ1n) is 9.01. The molecule has 1 aliphatic heterocycles. The van der Waals surface area contributed by atoms with Crippen LogP contribution in [0.1, 0.15) is 6.92 Å². The number of quaternary nitrogens is 1. The van der Waals surface area contributed by atoms with E-state index < -0.39 is 0 Å². The van der Waals surface area contributed by atoms with Crippen molar-refractivity contribution in [2.45, 2.75) is 6.92 Å². The smallest absolute Gasteiger partial charge is 0.262 e. The van der Waals surface area contributed by atoms with E-state index in [4.69, 9.17) is 16.3 Å². The van der Waals surface area contributed by atoms with Gasteiger partial charge < -0.3 is 19.9 Å². The zero-order valence-electron chi connectivity index (χ0n) is 15.0. The zero-order chi connectivity index (χ0) is 18.4. The summed E-state index contributed by atoms with van der Waals surface area (Å²) in [6, 6.07) is 15.0. The molecule has 0 aromatic heterocycles. The van der Waals surface area contributed by atoms with Crippen LogP contribution >= 0.6 is 11.6 Å². The summed E-state index contributed by atoms with van der Waals surface area (Å²) in [6.45, 7) is 7.46. The quantitative estimate of drug-likeness (QED) is 0.813. The standard InChI is InChI=1S/C20H24ClN3O2/c1-2-23-10-12-24(13-11-23)19-9-8-16(21)14-18(19)22-20(25)15-26-17-6-4-3-5-7-17/h3-9,14H,2,10-13,15H2,1H3,(H,22,25)/p+1. The summed E-state index contributed by atoms with van der Waals surface area (Å²) in [4.78, 5) is 16.2. The molecule has 1 saturated heterocycles. The number of amides is 1. The molecule has 2 aromatic rings. The van der Waals surface area contributed by atoms with Gasteiger partial charge in [0.1, 0.15) is 5.75 Å². The number of benzene rings is 2. The summed E-state index contributed by atoms with van der Waals surface area (Å²) in [6.07, 6.45) is 0. The van der Waals surface area contributed by atoms with E-state index in [9.17, 15) is 4.79 Å². The molecule has 0 aliphatic carbocycles. The fourth-order valence-electron chi connectivity index (χ4n) is 3.15. The lowest BCUT2D eigenvalue weighted by molar-refractivity contribution is -0.898. The van der Waals surface area contributed by atoms with Gasteiger partial charge in [0.05, 0.1) is 44.1 Å². The average molecular weight is 375 g/mol. The van der Waals surface area contributed by atoms with Gasteiger partial charge in [-0.05, 0) is 37.3 Å². The third-order valence-corrected chi connectivity index (χ3v) is 4.89. The van der Waals surface area contributed by atoms with Crippen molar-refractivity contribution in [1.29, 1.82) is 0 Å². The predicted molar refractivity (Wildman–Crippen MR) is 105 cm³/mol. The van der Waals surface area contributed by atoms with Gasteiger partial charge in [0.15, 0.2) is 6.61 Å². The number of carbonyl (C=O) groups is 1. The second-order valence-electron chi connectivity index (χ2n) is 6.40. The number of piperazine rings is 1. The van der Waals surface area contributed by atoms with Crippen molar-refractivity contribution < 1.29 is 14.4 Å². The van der Waals surface area contributed by atoms with E-state index >= 15 is 0 Å². The van der Waals surface area contributed by atoms with Gasteiger partial charge in [-0.3, -0.25) is 4.79 Å². The summed E-state index contributed by atoms with van der Waals surface area (Å²) in [7, 11) is 0. The molecule has 1 fully saturated rings. The van der Waals surface area contributed by atoms with Crippen LogP contribution < -0.4 is 19.9 Å². The highest BCUT2D eigenvalue weighted by Gasteiger charge is 2.21. The van der Waals surface area contributed by atoms with Crippen molar-refractivity contribution in [1.82, 2.24) is 0 Å². The Morgan fingerprint density at radius 2 is 1.92 bits per heavy atom. The first kappa shape index (κ1) is 18.5. The SMILES string of the molecule is CC[NH+]1CCN(c2ccc(Cl)cc2NC(=O)COc2ccccc2)CC1. The van der Waals surface area contributed by atoms with Crippen LogP contribution in [-0.2, 0) is 4.79 Å². The van der Waals surface area contributed by atoms with E-state index in [2.05, 4.69) is 17.1 Å². The number of halogens is 1. The van der Waals surface area contributed by atoms with Crippen molar-refractivity contribution in [2.75, 3.05) is 49.5 Å². The number of ether oxygens (including phenoxy) is 1. The molecule has 6 heteroatoms. The predicted octanol–water partition coefficient (Wildman–Crippen LogP) is 2.08. The van der Waals surface area contributed by atoms with E-state index in [1.165, 1.54) is 0 Å². The van der Waals surface area contributed by atoms with Crippen molar-refractivity contribution in [3.63, 3.8) is 0 Å². The molecule has 2 aromatic carbocycles. The Labute approximate surface area is 159 Å². The number of likely N-dealkylation sites (N-methyl/N-ethyl adjacent to an activating group) is 1. The Bertz CT molecular complexity index is 731. The summed E-state index contributed by atoms with van der Waals surface area (Å²) in [5.41, 5.74) is 1.75. The molecule has 0 saturated carbocycles. The first-order chi connectivity index (χ1) is 12.7. The highest BCUT2D eigenvalue weighted by Crippen LogP contribution is 2.29. The molecule has 26 heavy (non-hydrogen) atoms. The zero-order valence-corrected chi connectivity index (χ0v) is 15.8. The van der Waals surface area contributed by atoms with E-state index in [0.717, 1.165) is 44.1 Å². The molecule has 0 radical (unpaired) electrons. The Kier molecular flexibility index (Phi) is 6.36. The molecular weight excluding hydrogens is 350 g/mol. The molecule has 0 atom stereocenters. The molecule has 3 rings (SSSR count). The topological polar surface area (TPSA) is 46.0 Å². The van der Waals surface area contributed by atoms with Gasteiger partial charge in [0.2, 0.25) is 0 Å². The molecule has 138 valence electrons. The Morgan fingerprint density at radius 1 is 1.19 bits per heavy atom. The Balaban J connectivity index is 1.65. The molecule has 1 heterocycles. The summed E-state index contributed by atoms with van der Waals surface area (Å²) in [5, 5.41) is 3.55. The number of carbonyl (C=O) groups excluding carboxylic acids is 1. The number of anilines is 2. The number of para-hydroxylation sites is 1. The van der Waals surface area contributed by atoms with Gasteiger partial charge >= 0.3 is 0 Å². The number of rotatable bonds is 6. The van der Waals surface area contributed by atoms with Crippen molar-refractivity contribution in [3.8, 4) is 5.75 Å². The van der Waals surface area contributed by atoms with E-state index in [1.807, 2.05) is 42.5 Å². The van der Waals surface area contributed by atoms with Crippen LogP contribution in [0.25, 0.3) is 0 Å². The van der Waals surface area contributed by atoms with Crippen LogP contribution in [-0.4, -0.2) is 45.2 Å². The Hall–Kier alpha value is -2.24. The number of nitrogens with one attached hydrogen (secondary N) is 2. The van der Waals surface area contributed by atoms with E-state index in [0.29, 0.717) is 10.8 Å². The highest BCUT2D eigenvalue weighted by atomic mass is 35.5. The van der Waals surface area contributed by atoms with Crippen LogP contribution in [0, 0.1) is 0 Å². The maximum Gasteiger partial charge on any atom is 0.262 e. The van der Waals surface area contributed by atoms with E-state index in [1.54, 1.807) is 11.0 Å². The molecule has 2 N–H and O–H groups in total. The molecule has 0 unspecified atom stereocenters. The van der Waals surface area contributed by atoms with E-state index in [-0.39, 0.29) is 12.5 Å². The lowest BCUT2D eigenvalue weighted by Gasteiger charge is -2.34. The molecule has 5 nitrogen and oxygen atoms in total. The third kappa shape index (κ3) is 4.90. The normalized spacial score (nSPS) is 14.9. The lowest BCUT2D eigenvalue weighted by Crippen LogP contribution is -3.14. The van der Waals surface area contributed by atoms with Crippen molar-refractivity contribution in [2.24, 2.45) is 0 Å². The Morgan fingerprint density at radius 3 is 2.62 bits per heavy atom. The third-order valence-electron chi connectivity index (χ3n) is 4.66. The number of hydrogen-bond acceptors (Lipinski definition) is 3. The second-order valence-corrected chi connectivity index (χ2v) is 6.84. The van der Waals surface area contributed by atoms with Crippen LogP contribution in [0.2, 0.25) is 5.02 Å². The fraction of sp³-hybridized carbons (Fsp3) is 0.350. The minimum atomic E-state index is -0.199. The van der Waals surface area contributed by atoms with Crippen LogP contribution in [0.3, 0.4) is 0 Å². The van der Waals surface area contributed by atoms with Crippen molar-refractivity contribution in [3.05, 3.63) is 53.6 Å². The lowest BCUT2D eigenvalue weighted by atomic mass is 10.2. The largest absolute Gasteiger partial charge is 0.484 e. The summed E-state index contributed by atoms with van der Waals surface area (Å²) >= 11 is 6.15. The minimum Gasteiger partial charge on any atom is -0.484 e. The van der Waals surface area contributed by atoms with Gasteiger partial charge in [-0.25, -0.2) is 0 Å². The first-order valence-corrected chi connectivity index (χ1v) is 9.39. The minimum absolute atomic E-state index is 0.0380. The average Bonchev–Trinajstić information content (AvgIpc) is 2.67. The molecule has 1 aliphatic rings. The molecule has 0 spiro atoms. The monoisotopic (exact) mass is 374 g/mol. The van der Waals surface area contributed by atoms with Crippen molar-refractivity contribution >= 4 is 28.9 Å². The van der Waals surface area contributed by atoms with Gasteiger partial charge in [0, 0.05) is 5.02 Å². The molecule has 1 amide bonds. The van der Waals surface area contributed by atoms with Gasteiger partial charge in [-0.2, -0.15) is 0 Å². The summed E-state index contributed by atoms with van der Waals surface area (Å²) in [5.74, 6) is 0.475. The van der Waals surface area contributed by atoms with Crippen LogP contribution in [0.15, 0.2) is 48.5 Å². The second kappa shape index (κ2) is 8.92. The van der Waals surface area contributed by atoms with Crippen LogP contribution in [0.4, 0.5) is 11.4 Å². The highest BCUT2D eigenvalue weighted by molar-refractivity contribution is 6.31. The number of hydrogen-bond donors (Lipinski definition) is 2. The molecular formula is C20H25ClN3O2+. The fourth-order valence-corrected chi connectivity index (χ4v) is 3.33. The maximum absolute atomic E-state index is 12.3. The molecule has 0 bridgehead atoms.